The molecule has 0 radical (unpaired) electrons. The summed E-state index contributed by atoms with van der Waals surface area (Å²) in [6.45, 7) is 1.72. The van der Waals surface area contributed by atoms with Crippen LogP contribution >= 0.6 is 0 Å². The molecule has 0 fully saturated rings. The molecule has 138 valence electrons. The van der Waals surface area contributed by atoms with Crippen molar-refractivity contribution in [2.24, 2.45) is 0 Å². The number of rotatable bonds is 5. The summed E-state index contributed by atoms with van der Waals surface area (Å²) >= 11 is 0. The van der Waals surface area contributed by atoms with Gasteiger partial charge in [0.15, 0.2) is 5.82 Å². The van der Waals surface area contributed by atoms with Gasteiger partial charge >= 0.3 is 0 Å². The SMILES string of the molecule is COc1ccc(OC)c(Nc2nncc(N3CCc4ccccc4C3)n2)c1. The molecule has 0 unspecified atom stereocenters. The van der Waals surface area contributed by atoms with Gasteiger partial charge in [0.05, 0.1) is 26.1 Å². The second kappa shape index (κ2) is 7.49. The molecule has 3 aromatic rings. The lowest BCUT2D eigenvalue weighted by atomic mass is 10.0. The molecule has 0 atom stereocenters. The maximum Gasteiger partial charge on any atom is 0.249 e. The number of benzene rings is 2. The van der Waals surface area contributed by atoms with E-state index >= 15 is 0 Å². The molecule has 0 amide bonds. The number of hydrogen-bond acceptors (Lipinski definition) is 7. The molecule has 1 N–H and O–H groups in total. The summed E-state index contributed by atoms with van der Waals surface area (Å²) in [5.74, 6) is 2.61. The number of fused-ring (bicyclic) bond motifs is 1. The van der Waals surface area contributed by atoms with Gasteiger partial charge in [0.2, 0.25) is 5.95 Å². The maximum atomic E-state index is 5.40. The third-order valence-corrected chi connectivity index (χ3v) is 4.65. The van der Waals surface area contributed by atoms with Gasteiger partial charge in [-0.05, 0) is 29.7 Å². The largest absolute Gasteiger partial charge is 0.497 e. The zero-order valence-electron chi connectivity index (χ0n) is 15.3. The fourth-order valence-corrected chi connectivity index (χ4v) is 3.22. The molecule has 27 heavy (non-hydrogen) atoms. The van der Waals surface area contributed by atoms with E-state index in [2.05, 4.69) is 49.7 Å². The number of anilines is 3. The Morgan fingerprint density at radius 1 is 1.04 bits per heavy atom. The van der Waals surface area contributed by atoms with Crippen LogP contribution in [-0.2, 0) is 13.0 Å². The highest BCUT2D eigenvalue weighted by Crippen LogP contribution is 2.31. The predicted octanol–water partition coefficient (Wildman–Crippen LogP) is 3.20. The molecule has 0 bridgehead atoms. The first-order chi connectivity index (χ1) is 13.3. The van der Waals surface area contributed by atoms with Crippen molar-refractivity contribution in [1.82, 2.24) is 15.2 Å². The Kier molecular flexibility index (Phi) is 4.74. The Bertz CT molecular complexity index is 947. The summed E-state index contributed by atoms with van der Waals surface area (Å²) in [5, 5.41) is 11.4. The second-order valence-electron chi connectivity index (χ2n) is 6.27. The lowest BCUT2D eigenvalue weighted by molar-refractivity contribution is 0.405. The Morgan fingerprint density at radius 2 is 1.89 bits per heavy atom. The average Bonchev–Trinajstić information content (AvgIpc) is 2.73. The normalized spacial score (nSPS) is 13.0. The number of methoxy groups -OCH3 is 2. The van der Waals surface area contributed by atoms with Crippen molar-refractivity contribution in [2.75, 3.05) is 31.0 Å². The number of nitrogens with zero attached hydrogens (tertiary/aromatic N) is 4. The third-order valence-electron chi connectivity index (χ3n) is 4.65. The lowest BCUT2D eigenvalue weighted by Crippen LogP contribution is -2.31. The molecular weight excluding hydrogens is 342 g/mol. The van der Waals surface area contributed by atoms with Gasteiger partial charge in [-0.3, -0.25) is 0 Å². The quantitative estimate of drug-likeness (QED) is 0.746. The minimum Gasteiger partial charge on any atom is -0.497 e. The monoisotopic (exact) mass is 363 g/mol. The van der Waals surface area contributed by atoms with E-state index in [0.717, 1.165) is 36.8 Å². The summed E-state index contributed by atoms with van der Waals surface area (Å²) in [6, 6.07) is 14.0. The van der Waals surface area contributed by atoms with Crippen LogP contribution in [0.2, 0.25) is 0 Å². The van der Waals surface area contributed by atoms with Gasteiger partial charge in [-0.2, -0.15) is 10.1 Å². The van der Waals surface area contributed by atoms with Crippen LogP contribution in [0.1, 0.15) is 11.1 Å². The van der Waals surface area contributed by atoms with Gasteiger partial charge in [-0.15, -0.1) is 5.10 Å². The number of ether oxygens (including phenoxy) is 2. The molecular formula is C20H21N5O2. The molecule has 0 saturated heterocycles. The molecule has 0 spiro atoms. The fourth-order valence-electron chi connectivity index (χ4n) is 3.22. The Morgan fingerprint density at radius 3 is 2.70 bits per heavy atom. The maximum absolute atomic E-state index is 5.40. The van der Waals surface area contributed by atoms with Gasteiger partial charge in [0, 0.05) is 19.2 Å². The van der Waals surface area contributed by atoms with Crippen LogP contribution in [0.25, 0.3) is 0 Å². The van der Waals surface area contributed by atoms with Crippen molar-refractivity contribution in [3.63, 3.8) is 0 Å². The fraction of sp³-hybridized carbons (Fsp3) is 0.250. The zero-order chi connectivity index (χ0) is 18.6. The molecule has 2 aromatic carbocycles. The highest BCUT2D eigenvalue weighted by Gasteiger charge is 2.18. The molecule has 0 saturated carbocycles. The first-order valence-corrected chi connectivity index (χ1v) is 8.77. The molecule has 2 heterocycles. The molecule has 7 nitrogen and oxygen atoms in total. The third kappa shape index (κ3) is 3.62. The summed E-state index contributed by atoms with van der Waals surface area (Å²) in [7, 11) is 3.24. The highest BCUT2D eigenvalue weighted by molar-refractivity contribution is 5.65. The zero-order valence-corrected chi connectivity index (χ0v) is 15.3. The van der Waals surface area contributed by atoms with Crippen molar-refractivity contribution in [2.45, 2.75) is 13.0 Å². The van der Waals surface area contributed by atoms with Crippen molar-refractivity contribution in [1.29, 1.82) is 0 Å². The molecule has 1 aromatic heterocycles. The molecule has 1 aliphatic rings. The standard InChI is InChI=1S/C20H21N5O2/c1-26-16-7-8-18(27-2)17(11-16)22-20-23-19(12-21-24-20)25-10-9-14-5-3-4-6-15(14)13-25/h3-8,11-12H,9-10,13H2,1-2H3,(H,22,23,24). The van der Waals surface area contributed by atoms with Crippen LogP contribution in [0.3, 0.4) is 0 Å². The number of nitrogens with one attached hydrogen (secondary N) is 1. The van der Waals surface area contributed by atoms with Crippen molar-refractivity contribution >= 4 is 17.5 Å². The Balaban J connectivity index is 1.57. The van der Waals surface area contributed by atoms with Crippen LogP contribution in [0, 0.1) is 0 Å². The van der Waals surface area contributed by atoms with E-state index in [1.54, 1.807) is 20.4 Å². The molecule has 1 aliphatic heterocycles. The summed E-state index contributed by atoms with van der Waals surface area (Å²) in [5.41, 5.74) is 3.45. The summed E-state index contributed by atoms with van der Waals surface area (Å²) in [4.78, 5) is 6.85. The summed E-state index contributed by atoms with van der Waals surface area (Å²) < 4.78 is 10.7. The van der Waals surface area contributed by atoms with Gasteiger partial charge in [0.1, 0.15) is 11.5 Å². The summed E-state index contributed by atoms with van der Waals surface area (Å²) in [6.07, 6.45) is 2.69. The number of hydrogen-bond donors (Lipinski definition) is 1. The van der Waals surface area contributed by atoms with E-state index in [1.165, 1.54) is 11.1 Å². The molecule has 4 rings (SSSR count). The van der Waals surface area contributed by atoms with E-state index in [4.69, 9.17) is 9.47 Å². The van der Waals surface area contributed by atoms with Gasteiger partial charge < -0.3 is 19.7 Å². The van der Waals surface area contributed by atoms with Crippen molar-refractivity contribution in [3.8, 4) is 11.5 Å². The van der Waals surface area contributed by atoms with Gasteiger partial charge in [-0.1, -0.05) is 24.3 Å². The predicted molar refractivity (Wildman–Crippen MR) is 104 cm³/mol. The van der Waals surface area contributed by atoms with Crippen LogP contribution in [0.4, 0.5) is 17.5 Å². The highest BCUT2D eigenvalue weighted by atomic mass is 16.5. The first-order valence-electron chi connectivity index (χ1n) is 8.77. The van der Waals surface area contributed by atoms with Crippen molar-refractivity contribution < 1.29 is 9.47 Å². The minimum atomic E-state index is 0.415. The van der Waals surface area contributed by atoms with E-state index in [9.17, 15) is 0 Å². The first kappa shape index (κ1) is 17.1. The van der Waals surface area contributed by atoms with Crippen molar-refractivity contribution in [3.05, 3.63) is 59.8 Å². The van der Waals surface area contributed by atoms with Gasteiger partial charge in [0.25, 0.3) is 0 Å². The van der Waals surface area contributed by atoms with Crippen LogP contribution in [0.5, 0.6) is 11.5 Å². The molecule has 7 heteroatoms. The Labute approximate surface area is 158 Å². The Hall–Kier alpha value is -3.35. The van der Waals surface area contributed by atoms with Gasteiger partial charge in [-0.25, -0.2) is 0 Å². The van der Waals surface area contributed by atoms with E-state index in [-0.39, 0.29) is 0 Å². The van der Waals surface area contributed by atoms with Crippen LogP contribution < -0.4 is 19.7 Å². The second-order valence-corrected chi connectivity index (χ2v) is 6.27. The topological polar surface area (TPSA) is 72.4 Å². The van der Waals surface area contributed by atoms with Crippen LogP contribution in [-0.4, -0.2) is 35.9 Å². The smallest absolute Gasteiger partial charge is 0.249 e. The van der Waals surface area contributed by atoms with E-state index in [0.29, 0.717) is 11.7 Å². The minimum absolute atomic E-state index is 0.415. The van der Waals surface area contributed by atoms with E-state index in [1.807, 2.05) is 18.2 Å². The molecule has 0 aliphatic carbocycles. The number of aromatic nitrogens is 3. The van der Waals surface area contributed by atoms with Crippen LogP contribution in [0.15, 0.2) is 48.7 Å². The average molecular weight is 363 g/mol. The van der Waals surface area contributed by atoms with E-state index < -0.39 is 0 Å². The lowest BCUT2D eigenvalue weighted by Gasteiger charge is -2.29.